The molecule has 1 heterocycles. The Hall–Kier alpha value is -1.41. The van der Waals surface area contributed by atoms with Crippen LogP contribution in [0.4, 0.5) is 0 Å². The first kappa shape index (κ1) is 16.0. The van der Waals surface area contributed by atoms with Crippen molar-refractivity contribution < 1.29 is 8.42 Å². The van der Waals surface area contributed by atoms with Crippen molar-refractivity contribution >= 4 is 15.9 Å². The third-order valence-electron chi connectivity index (χ3n) is 4.05. The van der Waals surface area contributed by atoms with Crippen molar-refractivity contribution in [2.45, 2.75) is 62.6 Å². The minimum atomic E-state index is -3.77. The molecular weight excluding hydrogens is 290 g/mol. The third kappa shape index (κ3) is 3.44. The average molecular weight is 313 g/mol. The Kier molecular flexibility index (Phi) is 4.67. The van der Waals surface area contributed by atoms with Gasteiger partial charge in [0.15, 0.2) is 5.03 Å². The fraction of sp³-hybridized carbons (Fsp3) is 0.692. The van der Waals surface area contributed by atoms with E-state index in [1.54, 1.807) is 4.57 Å². The molecule has 7 nitrogen and oxygen atoms in total. The lowest BCUT2D eigenvalue weighted by molar-refractivity contribution is 0.433. The van der Waals surface area contributed by atoms with Gasteiger partial charge in [0.05, 0.1) is 11.9 Å². The highest BCUT2D eigenvalue weighted by Gasteiger charge is 2.39. The first-order chi connectivity index (χ1) is 9.89. The Morgan fingerprint density at radius 2 is 2.05 bits per heavy atom. The molecule has 4 N–H and O–H groups in total. The molecule has 0 amide bonds. The Labute approximate surface area is 125 Å². The molecule has 1 aliphatic carbocycles. The Morgan fingerprint density at radius 1 is 1.43 bits per heavy atom. The normalized spacial score (nSPS) is 19.1. The fourth-order valence-corrected chi connectivity index (χ4v) is 4.11. The molecule has 0 saturated heterocycles. The number of aryl methyl sites for hydroxylation is 1. The van der Waals surface area contributed by atoms with Crippen molar-refractivity contribution in [3.8, 4) is 0 Å². The van der Waals surface area contributed by atoms with Crippen molar-refractivity contribution in [2.24, 2.45) is 5.73 Å². The largest absolute Gasteiger partial charge is 0.386 e. The topological polar surface area (TPSA) is 114 Å². The van der Waals surface area contributed by atoms with Crippen LogP contribution >= 0.6 is 0 Å². The van der Waals surface area contributed by atoms with Crippen LogP contribution in [0.25, 0.3) is 0 Å². The van der Waals surface area contributed by atoms with E-state index >= 15 is 0 Å². The van der Waals surface area contributed by atoms with Crippen LogP contribution in [-0.4, -0.2) is 29.3 Å². The van der Waals surface area contributed by atoms with Gasteiger partial charge in [0.2, 0.25) is 0 Å². The number of hydrogen-bond donors (Lipinski definition) is 3. The van der Waals surface area contributed by atoms with E-state index in [9.17, 15) is 8.42 Å². The zero-order valence-electron chi connectivity index (χ0n) is 12.3. The fourth-order valence-electron chi connectivity index (χ4n) is 2.72. The molecule has 1 aromatic rings. The number of aromatic nitrogens is 2. The monoisotopic (exact) mass is 313 g/mol. The molecule has 0 spiro atoms. The number of nitrogens with one attached hydrogen (secondary N) is 2. The molecule has 8 heteroatoms. The molecule has 0 unspecified atom stereocenters. The van der Waals surface area contributed by atoms with Crippen LogP contribution in [0.15, 0.2) is 17.6 Å². The van der Waals surface area contributed by atoms with Gasteiger partial charge in [-0.1, -0.05) is 25.7 Å². The van der Waals surface area contributed by atoms with Gasteiger partial charge < -0.3 is 10.3 Å². The Bertz CT molecular complexity index is 600. The summed E-state index contributed by atoms with van der Waals surface area (Å²) in [6.45, 7) is 2.56. The zero-order valence-corrected chi connectivity index (χ0v) is 13.1. The molecular formula is C13H23N5O2S. The van der Waals surface area contributed by atoms with E-state index in [0.29, 0.717) is 19.4 Å². The lowest BCUT2D eigenvalue weighted by Gasteiger charge is -2.31. The van der Waals surface area contributed by atoms with Crippen LogP contribution in [0.3, 0.4) is 0 Å². The highest BCUT2D eigenvalue weighted by atomic mass is 32.2. The quantitative estimate of drug-likeness (QED) is 0.430. The molecule has 1 aliphatic rings. The Morgan fingerprint density at radius 3 is 2.52 bits per heavy atom. The van der Waals surface area contributed by atoms with Gasteiger partial charge in [-0.15, -0.1) is 0 Å². The van der Waals surface area contributed by atoms with Crippen molar-refractivity contribution in [3.05, 3.63) is 12.5 Å². The van der Waals surface area contributed by atoms with E-state index in [-0.39, 0.29) is 10.9 Å². The summed E-state index contributed by atoms with van der Waals surface area (Å²) in [5.41, 5.74) is 4.75. The molecule has 0 atom stereocenters. The molecule has 0 radical (unpaired) electrons. The van der Waals surface area contributed by atoms with Gasteiger partial charge in [0.25, 0.3) is 10.0 Å². The number of nitrogens with zero attached hydrogens (tertiary/aromatic N) is 2. The number of hydrogen-bond acceptors (Lipinski definition) is 4. The molecule has 0 bridgehead atoms. The summed E-state index contributed by atoms with van der Waals surface area (Å²) in [4.78, 5) is 3.94. The van der Waals surface area contributed by atoms with E-state index in [2.05, 4.69) is 9.71 Å². The SMILES string of the molecule is CCn1cnc(S(=O)(=O)NC2(C(=N)N)CCCCCC2)c1. The van der Waals surface area contributed by atoms with Crippen LogP contribution < -0.4 is 10.5 Å². The van der Waals surface area contributed by atoms with Gasteiger partial charge in [-0.3, -0.25) is 5.41 Å². The number of nitrogens with two attached hydrogens (primary N) is 1. The molecule has 21 heavy (non-hydrogen) atoms. The first-order valence-corrected chi connectivity index (χ1v) is 8.78. The molecule has 118 valence electrons. The lowest BCUT2D eigenvalue weighted by atomic mass is 9.90. The maximum absolute atomic E-state index is 12.5. The van der Waals surface area contributed by atoms with E-state index < -0.39 is 15.6 Å². The smallest absolute Gasteiger partial charge is 0.260 e. The van der Waals surface area contributed by atoms with Gasteiger partial charge >= 0.3 is 0 Å². The van der Waals surface area contributed by atoms with Crippen LogP contribution in [-0.2, 0) is 16.6 Å². The van der Waals surface area contributed by atoms with Crippen LogP contribution in [0.5, 0.6) is 0 Å². The van der Waals surface area contributed by atoms with Crippen molar-refractivity contribution in [1.82, 2.24) is 14.3 Å². The standard InChI is InChI=1S/C13H23N5O2S/c1-2-18-9-11(16-10-18)21(19,20)17-13(12(14)15)7-5-3-4-6-8-13/h9-10,17H,2-8H2,1H3,(H3,14,15). The number of amidine groups is 1. The lowest BCUT2D eigenvalue weighted by Crippen LogP contribution is -2.56. The highest BCUT2D eigenvalue weighted by Crippen LogP contribution is 2.28. The molecule has 0 aromatic carbocycles. The van der Waals surface area contributed by atoms with E-state index in [0.717, 1.165) is 25.7 Å². The van der Waals surface area contributed by atoms with Crippen LogP contribution in [0, 0.1) is 5.41 Å². The van der Waals surface area contributed by atoms with Crippen molar-refractivity contribution in [3.63, 3.8) is 0 Å². The van der Waals surface area contributed by atoms with Gasteiger partial charge in [0, 0.05) is 12.7 Å². The second-order valence-electron chi connectivity index (χ2n) is 5.56. The van der Waals surface area contributed by atoms with Crippen molar-refractivity contribution in [2.75, 3.05) is 0 Å². The summed E-state index contributed by atoms with van der Waals surface area (Å²) in [6, 6.07) is 0. The first-order valence-electron chi connectivity index (χ1n) is 7.30. The van der Waals surface area contributed by atoms with Gasteiger partial charge in [-0.2, -0.15) is 4.72 Å². The summed E-state index contributed by atoms with van der Waals surface area (Å²) in [7, 11) is -3.77. The maximum atomic E-state index is 12.5. The van der Waals surface area contributed by atoms with Gasteiger partial charge in [-0.05, 0) is 19.8 Å². The summed E-state index contributed by atoms with van der Waals surface area (Å²) >= 11 is 0. The number of sulfonamides is 1. The van der Waals surface area contributed by atoms with Crippen LogP contribution in [0.2, 0.25) is 0 Å². The number of imidazole rings is 1. The number of rotatable bonds is 5. The zero-order chi connectivity index (χ0) is 15.5. The molecule has 1 aromatic heterocycles. The average Bonchev–Trinajstić information content (AvgIpc) is 2.80. The molecule has 0 aliphatic heterocycles. The van der Waals surface area contributed by atoms with E-state index in [1.807, 2.05) is 6.92 Å². The highest BCUT2D eigenvalue weighted by molar-refractivity contribution is 7.89. The maximum Gasteiger partial charge on any atom is 0.260 e. The summed E-state index contributed by atoms with van der Waals surface area (Å²) in [6.07, 6.45) is 7.93. The van der Waals surface area contributed by atoms with Crippen molar-refractivity contribution in [1.29, 1.82) is 5.41 Å². The molecule has 1 fully saturated rings. The third-order valence-corrected chi connectivity index (χ3v) is 5.47. The minimum Gasteiger partial charge on any atom is -0.386 e. The van der Waals surface area contributed by atoms with Crippen LogP contribution in [0.1, 0.15) is 45.4 Å². The Balaban J connectivity index is 2.28. The van der Waals surface area contributed by atoms with Gasteiger partial charge in [-0.25, -0.2) is 13.4 Å². The summed E-state index contributed by atoms with van der Waals surface area (Å²) in [5.74, 6) is -0.108. The predicted octanol–water partition coefficient (Wildman–Crippen LogP) is 1.21. The van der Waals surface area contributed by atoms with E-state index in [4.69, 9.17) is 11.1 Å². The second-order valence-corrected chi connectivity index (χ2v) is 7.19. The predicted molar refractivity (Wildman–Crippen MR) is 80.6 cm³/mol. The minimum absolute atomic E-state index is 0.0192. The molecule has 1 saturated carbocycles. The summed E-state index contributed by atoms with van der Waals surface area (Å²) in [5, 5.41) is 7.82. The van der Waals surface area contributed by atoms with E-state index in [1.165, 1.54) is 12.5 Å². The molecule has 2 rings (SSSR count). The van der Waals surface area contributed by atoms with Gasteiger partial charge in [0.1, 0.15) is 5.84 Å². The second kappa shape index (κ2) is 6.15. The summed E-state index contributed by atoms with van der Waals surface area (Å²) < 4.78 is 29.4.